The van der Waals surface area contributed by atoms with E-state index in [9.17, 15) is 4.79 Å². The van der Waals surface area contributed by atoms with Crippen LogP contribution >= 0.6 is 0 Å². The maximum Gasteiger partial charge on any atom is 0.223 e. The molecule has 6 nitrogen and oxygen atoms in total. The summed E-state index contributed by atoms with van der Waals surface area (Å²) in [6, 6.07) is 5.72. The second-order valence-electron chi connectivity index (χ2n) is 6.43. The van der Waals surface area contributed by atoms with E-state index >= 15 is 0 Å². The summed E-state index contributed by atoms with van der Waals surface area (Å²) in [7, 11) is 3.21. The van der Waals surface area contributed by atoms with Crippen LogP contribution in [-0.4, -0.2) is 30.1 Å². The first kappa shape index (κ1) is 19.7. The molecule has 1 aromatic carbocycles. The number of benzene rings is 1. The van der Waals surface area contributed by atoms with Gasteiger partial charge in [0, 0.05) is 29.4 Å². The summed E-state index contributed by atoms with van der Waals surface area (Å²) in [6.07, 6.45) is 0.620. The Labute approximate surface area is 155 Å². The van der Waals surface area contributed by atoms with Gasteiger partial charge in [-0.05, 0) is 44.9 Å². The molecular weight excluding hydrogens is 330 g/mol. The molecule has 1 amide bonds. The molecule has 1 atom stereocenters. The Morgan fingerprint density at radius 3 is 2.27 bits per heavy atom. The van der Waals surface area contributed by atoms with Crippen LogP contribution in [0.25, 0.3) is 0 Å². The van der Waals surface area contributed by atoms with Crippen molar-refractivity contribution in [2.45, 2.75) is 40.7 Å². The smallest absolute Gasteiger partial charge is 0.223 e. The molecule has 26 heavy (non-hydrogen) atoms. The normalized spacial score (nSPS) is 11.8. The van der Waals surface area contributed by atoms with Crippen molar-refractivity contribution >= 4 is 5.91 Å². The fourth-order valence-corrected chi connectivity index (χ4v) is 2.97. The number of rotatable bonds is 7. The van der Waals surface area contributed by atoms with Gasteiger partial charge in [0.2, 0.25) is 5.91 Å². The number of nitrogens with one attached hydrogen (secondary N) is 1. The van der Waals surface area contributed by atoms with E-state index in [1.807, 2.05) is 45.9 Å². The first-order valence-electron chi connectivity index (χ1n) is 8.65. The Balaban J connectivity index is 2.00. The topological polar surface area (TPSA) is 73.3 Å². The molecule has 0 aliphatic heterocycles. The minimum Gasteiger partial charge on any atom is -0.493 e. The zero-order valence-electron chi connectivity index (χ0n) is 16.3. The molecule has 0 spiro atoms. The van der Waals surface area contributed by atoms with Gasteiger partial charge in [-0.3, -0.25) is 4.79 Å². The van der Waals surface area contributed by atoms with Crippen LogP contribution in [0.4, 0.5) is 0 Å². The standard InChI is InChI=1S/C20H27N3O3/c1-12(9-16-7-8-18(25-5)19(10-16)26-6)20(24)21-11-17-13(2)22-15(4)23-14(17)3/h7-8,10,12H,9,11H2,1-6H3,(H,21,24). The van der Waals surface area contributed by atoms with E-state index in [2.05, 4.69) is 15.3 Å². The van der Waals surface area contributed by atoms with Gasteiger partial charge in [-0.15, -0.1) is 0 Å². The third-order valence-electron chi connectivity index (χ3n) is 4.41. The fourth-order valence-electron chi connectivity index (χ4n) is 2.97. The molecule has 140 valence electrons. The lowest BCUT2D eigenvalue weighted by Gasteiger charge is -2.15. The van der Waals surface area contributed by atoms with E-state index in [0.29, 0.717) is 24.5 Å². The zero-order valence-corrected chi connectivity index (χ0v) is 16.3. The number of aryl methyl sites for hydroxylation is 3. The van der Waals surface area contributed by atoms with Crippen molar-refractivity contribution in [3.8, 4) is 11.5 Å². The highest BCUT2D eigenvalue weighted by atomic mass is 16.5. The highest BCUT2D eigenvalue weighted by Crippen LogP contribution is 2.28. The predicted octanol–water partition coefficient (Wildman–Crippen LogP) is 2.91. The van der Waals surface area contributed by atoms with Crippen molar-refractivity contribution in [2.75, 3.05) is 14.2 Å². The quantitative estimate of drug-likeness (QED) is 0.825. The summed E-state index contributed by atoms with van der Waals surface area (Å²) in [5, 5.41) is 3.00. The summed E-state index contributed by atoms with van der Waals surface area (Å²) in [6.45, 7) is 8.10. The van der Waals surface area contributed by atoms with Crippen LogP contribution < -0.4 is 14.8 Å². The maximum atomic E-state index is 12.5. The lowest BCUT2D eigenvalue weighted by molar-refractivity contribution is -0.124. The van der Waals surface area contributed by atoms with Crippen LogP contribution in [0.1, 0.15) is 35.3 Å². The summed E-state index contributed by atoms with van der Waals surface area (Å²) in [4.78, 5) is 21.2. The Kier molecular flexibility index (Phi) is 6.55. The van der Waals surface area contributed by atoms with Crippen LogP contribution in [0, 0.1) is 26.7 Å². The fraction of sp³-hybridized carbons (Fsp3) is 0.450. The van der Waals surface area contributed by atoms with E-state index in [1.54, 1.807) is 14.2 Å². The molecule has 0 saturated heterocycles. The summed E-state index contributed by atoms with van der Waals surface area (Å²) in [5.41, 5.74) is 3.81. The molecule has 1 heterocycles. The van der Waals surface area contributed by atoms with Crippen molar-refractivity contribution in [1.82, 2.24) is 15.3 Å². The van der Waals surface area contributed by atoms with E-state index in [4.69, 9.17) is 9.47 Å². The van der Waals surface area contributed by atoms with Gasteiger partial charge in [0.15, 0.2) is 11.5 Å². The van der Waals surface area contributed by atoms with Crippen LogP contribution in [0.2, 0.25) is 0 Å². The third kappa shape index (κ3) is 4.71. The molecule has 2 aromatic rings. The monoisotopic (exact) mass is 357 g/mol. The van der Waals surface area contributed by atoms with Gasteiger partial charge in [0.05, 0.1) is 14.2 Å². The molecule has 1 unspecified atom stereocenters. The van der Waals surface area contributed by atoms with Gasteiger partial charge in [-0.25, -0.2) is 9.97 Å². The summed E-state index contributed by atoms with van der Waals surface area (Å²) >= 11 is 0. The van der Waals surface area contributed by atoms with Crippen molar-refractivity contribution in [1.29, 1.82) is 0 Å². The number of nitrogens with zero attached hydrogens (tertiary/aromatic N) is 2. The number of aromatic nitrogens is 2. The average molecular weight is 357 g/mol. The number of amides is 1. The molecule has 0 bridgehead atoms. The van der Waals surface area contributed by atoms with Crippen molar-refractivity contribution < 1.29 is 14.3 Å². The van der Waals surface area contributed by atoms with Crippen LogP contribution in [0.5, 0.6) is 11.5 Å². The van der Waals surface area contributed by atoms with Gasteiger partial charge < -0.3 is 14.8 Å². The largest absolute Gasteiger partial charge is 0.493 e. The van der Waals surface area contributed by atoms with Gasteiger partial charge in [-0.1, -0.05) is 13.0 Å². The molecule has 0 aliphatic carbocycles. The van der Waals surface area contributed by atoms with Gasteiger partial charge in [0.1, 0.15) is 5.82 Å². The molecule has 6 heteroatoms. The van der Waals surface area contributed by atoms with Gasteiger partial charge in [-0.2, -0.15) is 0 Å². The highest BCUT2D eigenvalue weighted by Gasteiger charge is 2.16. The van der Waals surface area contributed by atoms with E-state index in [-0.39, 0.29) is 11.8 Å². The second kappa shape index (κ2) is 8.65. The number of hydrogen-bond donors (Lipinski definition) is 1. The van der Waals surface area contributed by atoms with Crippen LogP contribution in [0.3, 0.4) is 0 Å². The minimum atomic E-state index is -0.167. The number of carbonyl (C=O) groups excluding carboxylic acids is 1. The van der Waals surface area contributed by atoms with E-state index in [0.717, 1.165) is 28.3 Å². The summed E-state index contributed by atoms with van der Waals surface area (Å²) < 4.78 is 10.6. The first-order valence-corrected chi connectivity index (χ1v) is 8.65. The van der Waals surface area contributed by atoms with Gasteiger partial charge in [0.25, 0.3) is 0 Å². The van der Waals surface area contributed by atoms with Crippen LogP contribution in [-0.2, 0) is 17.8 Å². The number of hydrogen-bond acceptors (Lipinski definition) is 5. The van der Waals surface area contributed by atoms with Crippen LogP contribution in [0.15, 0.2) is 18.2 Å². The Morgan fingerprint density at radius 2 is 1.69 bits per heavy atom. The first-order chi connectivity index (χ1) is 12.3. The zero-order chi connectivity index (χ0) is 19.3. The number of ether oxygens (including phenoxy) is 2. The van der Waals surface area contributed by atoms with E-state index < -0.39 is 0 Å². The average Bonchev–Trinajstić information content (AvgIpc) is 2.60. The molecule has 1 aromatic heterocycles. The molecule has 1 N–H and O–H groups in total. The Bertz CT molecular complexity index is 767. The maximum absolute atomic E-state index is 12.5. The van der Waals surface area contributed by atoms with E-state index in [1.165, 1.54) is 0 Å². The lowest BCUT2D eigenvalue weighted by Crippen LogP contribution is -2.30. The third-order valence-corrected chi connectivity index (χ3v) is 4.41. The van der Waals surface area contributed by atoms with Gasteiger partial charge >= 0.3 is 0 Å². The Hall–Kier alpha value is -2.63. The number of carbonyl (C=O) groups is 1. The highest BCUT2D eigenvalue weighted by molar-refractivity contribution is 5.78. The number of methoxy groups -OCH3 is 2. The van der Waals surface area contributed by atoms with Crippen molar-refractivity contribution in [3.63, 3.8) is 0 Å². The molecule has 0 saturated carbocycles. The summed E-state index contributed by atoms with van der Waals surface area (Å²) in [5.74, 6) is 1.93. The molecule has 2 rings (SSSR count). The lowest BCUT2D eigenvalue weighted by atomic mass is 9.99. The Morgan fingerprint density at radius 1 is 1.08 bits per heavy atom. The molecule has 0 aliphatic rings. The van der Waals surface area contributed by atoms with Crippen molar-refractivity contribution in [3.05, 3.63) is 46.5 Å². The SMILES string of the molecule is COc1ccc(CC(C)C(=O)NCc2c(C)nc(C)nc2C)cc1OC. The van der Waals surface area contributed by atoms with Crippen molar-refractivity contribution in [2.24, 2.45) is 5.92 Å². The second-order valence-corrected chi connectivity index (χ2v) is 6.43. The molecule has 0 radical (unpaired) electrons. The predicted molar refractivity (Wildman–Crippen MR) is 101 cm³/mol. The minimum absolute atomic E-state index is 0.000778. The molecule has 0 fully saturated rings. The molecular formula is C20H27N3O3.